The predicted octanol–water partition coefficient (Wildman–Crippen LogP) is 4.06. The van der Waals surface area contributed by atoms with Crippen LogP contribution in [-0.2, 0) is 6.61 Å². The van der Waals surface area contributed by atoms with Crippen LogP contribution in [-0.4, -0.2) is 43.2 Å². The molecule has 0 aromatic heterocycles. The Hall–Kier alpha value is -3.69. The number of hydrogen-bond donors (Lipinski definition) is 1. The number of nitrogens with zero attached hydrogens (tertiary/aromatic N) is 2. The van der Waals surface area contributed by atoms with Crippen molar-refractivity contribution < 1.29 is 37.3 Å². The normalized spacial score (nSPS) is 13.1. The van der Waals surface area contributed by atoms with Crippen molar-refractivity contribution in [3.05, 3.63) is 59.0 Å². The van der Waals surface area contributed by atoms with Gasteiger partial charge < -0.3 is 19.3 Å². The van der Waals surface area contributed by atoms with Crippen molar-refractivity contribution in [3.8, 4) is 17.2 Å². The number of methoxy groups -OCH3 is 2. The van der Waals surface area contributed by atoms with Gasteiger partial charge in [0.2, 0.25) is 0 Å². The summed E-state index contributed by atoms with van der Waals surface area (Å²) in [7, 11) is 2.57. The fourth-order valence-electron chi connectivity index (χ4n) is 2.83. The van der Waals surface area contributed by atoms with E-state index >= 15 is 4.39 Å². The first-order valence-electron chi connectivity index (χ1n) is 8.59. The molecular weight excluding hydrogens is 405 g/mol. The van der Waals surface area contributed by atoms with E-state index in [0.29, 0.717) is 0 Å². The van der Waals surface area contributed by atoms with Gasteiger partial charge in [0.1, 0.15) is 19.0 Å². The molecular formula is C20H17F3N2O5. The minimum atomic E-state index is -1.25. The third-order valence-corrected chi connectivity index (χ3v) is 4.33. The van der Waals surface area contributed by atoms with Gasteiger partial charge in [-0.2, -0.15) is 0 Å². The summed E-state index contributed by atoms with van der Waals surface area (Å²) < 4.78 is 58.6. The summed E-state index contributed by atoms with van der Waals surface area (Å²) in [6.07, 6.45) is 1.30. The van der Waals surface area contributed by atoms with E-state index in [1.807, 2.05) is 0 Å². The summed E-state index contributed by atoms with van der Waals surface area (Å²) in [6, 6.07) is 4.91. The van der Waals surface area contributed by atoms with Gasteiger partial charge in [0.05, 0.1) is 19.8 Å². The van der Waals surface area contributed by atoms with Crippen LogP contribution in [0.2, 0.25) is 0 Å². The van der Waals surface area contributed by atoms with Crippen LogP contribution in [0, 0.1) is 17.5 Å². The minimum Gasteiger partial charge on any atom is -0.496 e. The standard InChI is InChI=1S/C20H17F3N2O5/c1-28-15-6-4-14(21)17(22)13(15)9-30-19-16(29-2)5-3-12(18(19)23)11-7-24-10-25(8-11)20(26)27/h3-8H,9-10H2,1-2H3,(H,26,27). The summed E-state index contributed by atoms with van der Waals surface area (Å²) in [6.45, 7) is -0.656. The van der Waals surface area contributed by atoms with Crippen molar-refractivity contribution in [1.82, 2.24) is 4.90 Å². The van der Waals surface area contributed by atoms with Crippen molar-refractivity contribution in [2.75, 3.05) is 20.9 Å². The maximum atomic E-state index is 15.2. The van der Waals surface area contributed by atoms with Crippen LogP contribution in [0.25, 0.3) is 5.57 Å². The second-order valence-electron chi connectivity index (χ2n) is 6.08. The highest BCUT2D eigenvalue weighted by Gasteiger charge is 2.22. The molecule has 10 heteroatoms. The van der Waals surface area contributed by atoms with Gasteiger partial charge in [0, 0.05) is 23.6 Å². The topological polar surface area (TPSA) is 80.6 Å². The van der Waals surface area contributed by atoms with Crippen molar-refractivity contribution >= 4 is 17.9 Å². The van der Waals surface area contributed by atoms with E-state index in [0.717, 1.165) is 11.0 Å². The summed E-state index contributed by atoms with van der Waals surface area (Å²) >= 11 is 0. The maximum absolute atomic E-state index is 15.2. The van der Waals surface area contributed by atoms with Crippen LogP contribution in [0.15, 0.2) is 35.5 Å². The molecule has 0 unspecified atom stereocenters. The molecule has 0 bridgehead atoms. The monoisotopic (exact) mass is 422 g/mol. The van der Waals surface area contributed by atoms with Crippen LogP contribution >= 0.6 is 0 Å². The Morgan fingerprint density at radius 1 is 1.10 bits per heavy atom. The van der Waals surface area contributed by atoms with Crippen molar-refractivity contribution in [2.24, 2.45) is 4.99 Å². The molecule has 158 valence electrons. The fraction of sp³-hybridized carbons (Fsp3) is 0.200. The Morgan fingerprint density at radius 3 is 2.47 bits per heavy atom. The van der Waals surface area contributed by atoms with E-state index in [4.69, 9.17) is 19.3 Å². The SMILES string of the molecule is COc1ccc(F)c(F)c1COc1c(OC)ccc(C2=CN(C(=O)O)CN=C2)c1F. The fourth-order valence-corrected chi connectivity index (χ4v) is 2.83. The van der Waals surface area contributed by atoms with Gasteiger partial charge in [-0.25, -0.2) is 18.0 Å². The summed E-state index contributed by atoms with van der Waals surface area (Å²) in [5, 5.41) is 9.11. The van der Waals surface area contributed by atoms with Crippen molar-refractivity contribution in [2.45, 2.75) is 6.61 Å². The molecule has 0 saturated heterocycles. The Balaban J connectivity index is 1.98. The molecule has 1 amide bonds. The van der Waals surface area contributed by atoms with Crippen LogP contribution in [0.3, 0.4) is 0 Å². The van der Waals surface area contributed by atoms with Gasteiger partial charge in [-0.05, 0) is 24.3 Å². The van der Waals surface area contributed by atoms with Gasteiger partial charge >= 0.3 is 6.09 Å². The number of halogens is 3. The molecule has 0 spiro atoms. The van der Waals surface area contributed by atoms with Gasteiger partial charge in [0.25, 0.3) is 0 Å². The predicted molar refractivity (Wildman–Crippen MR) is 101 cm³/mol. The Bertz CT molecular complexity index is 1040. The van der Waals surface area contributed by atoms with E-state index in [-0.39, 0.29) is 40.6 Å². The summed E-state index contributed by atoms with van der Waals surface area (Å²) in [5.74, 6) is -3.48. The number of carbonyl (C=O) groups is 1. The van der Waals surface area contributed by atoms with Gasteiger partial charge in [-0.3, -0.25) is 9.89 Å². The Kier molecular flexibility index (Phi) is 6.14. The number of aliphatic imine (C=N–C) groups is 1. The molecule has 2 aromatic carbocycles. The zero-order valence-electron chi connectivity index (χ0n) is 16.0. The number of rotatable bonds is 6. The molecule has 0 atom stereocenters. The molecule has 7 nitrogen and oxygen atoms in total. The molecule has 1 aliphatic heterocycles. The van der Waals surface area contributed by atoms with Crippen LogP contribution in [0.4, 0.5) is 18.0 Å². The van der Waals surface area contributed by atoms with E-state index in [1.165, 1.54) is 44.8 Å². The van der Waals surface area contributed by atoms with E-state index in [9.17, 15) is 13.6 Å². The quantitative estimate of drug-likeness (QED) is 0.759. The number of carboxylic acid groups (broad SMARTS) is 1. The highest BCUT2D eigenvalue weighted by molar-refractivity contribution is 6.11. The van der Waals surface area contributed by atoms with Crippen LogP contribution < -0.4 is 14.2 Å². The highest BCUT2D eigenvalue weighted by Crippen LogP contribution is 2.36. The molecule has 1 N–H and O–H groups in total. The first-order chi connectivity index (χ1) is 14.4. The van der Waals surface area contributed by atoms with Crippen molar-refractivity contribution in [1.29, 1.82) is 0 Å². The number of benzene rings is 2. The molecule has 0 saturated carbocycles. The Morgan fingerprint density at radius 2 is 1.80 bits per heavy atom. The smallest absolute Gasteiger partial charge is 0.412 e. The lowest BCUT2D eigenvalue weighted by Gasteiger charge is -2.19. The molecule has 30 heavy (non-hydrogen) atoms. The third-order valence-electron chi connectivity index (χ3n) is 4.33. The third kappa shape index (κ3) is 4.02. The molecule has 0 radical (unpaired) electrons. The zero-order valence-corrected chi connectivity index (χ0v) is 16.0. The van der Waals surface area contributed by atoms with E-state index in [2.05, 4.69) is 4.99 Å². The number of amides is 1. The number of allylic oxidation sites excluding steroid dienone is 1. The van der Waals surface area contributed by atoms with E-state index in [1.54, 1.807) is 0 Å². The van der Waals surface area contributed by atoms with Gasteiger partial charge in [0.15, 0.2) is 29.0 Å². The molecule has 1 aliphatic rings. The molecule has 1 heterocycles. The molecule has 3 rings (SSSR count). The van der Waals surface area contributed by atoms with Gasteiger partial charge in [-0.1, -0.05) is 0 Å². The average Bonchev–Trinajstić information content (AvgIpc) is 2.75. The lowest BCUT2D eigenvalue weighted by Crippen LogP contribution is -2.26. The molecule has 0 fully saturated rings. The van der Waals surface area contributed by atoms with E-state index < -0.39 is 30.2 Å². The first kappa shape index (κ1) is 21.0. The van der Waals surface area contributed by atoms with Crippen molar-refractivity contribution in [3.63, 3.8) is 0 Å². The van der Waals surface area contributed by atoms with Gasteiger partial charge in [-0.15, -0.1) is 0 Å². The molecule has 2 aromatic rings. The minimum absolute atomic E-state index is 0.00724. The number of ether oxygens (including phenoxy) is 3. The maximum Gasteiger partial charge on any atom is 0.412 e. The molecule has 0 aliphatic carbocycles. The second kappa shape index (κ2) is 8.76. The summed E-state index contributed by atoms with van der Waals surface area (Å²) in [4.78, 5) is 15.9. The lowest BCUT2D eigenvalue weighted by atomic mass is 10.1. The van der Waals surface area contributed by atoms with Crippen LogP contribution in [0.5, 0.6) is 17.2 Å². The van der Waals surface area contributed by atoms with Crippen LogP contribution in [0.1, 0.15) is 11.1 Å². The average molecular weight is 422 g/mol. The highest BCUT2D eigenvalue weighted by atomic mass is 19.2. The first-order valence-corrected chi connectivity index (χ1v) is 8.59. The Labute approximate surface area is 169 Å². The lowest BCUT2D eigenvalue weighted by molar-refractivity contribution is 0.164. The largest absolute Gasteiger partial charge is 0.496 e. The zero-order chi connectivity index (χ0) is 21.8. The summed E-state index contributed by atoms with van der Waals surface area (Å²) in [5.41, 5.74) is -0.0600. The second-order valence-corrected chi connectivity index (χ2v) is 6.08. The number of hydrogen-bond acceptors (Lipinski definition) is 5.